The SMILES string of the molecule is CC1CCN(C(=O)NC2CCCN(C)C2)C1C(=O)O. The molecule has 108 valence electrons. The van der Waals surface area contributed by atoms with Crippen molar-refractivity contribution in [2.24, 2.45) is 5.92 Å². The summed E-state index contributed by atoms with van der Waals surface area (Å²) in [5, 5.41) is 12.2. The Kier molecular flexibility index (Phi) is 4.29. The Morgan fingerprint density at radius 2 is 2.00 bits per heavy atom. The molecular weight excluding hydrogens is 246 g/mol. The Bertz CT molecular complexity index is 361. The molecular formula is C13H23N3O3. The lowest BCUT2D eigenvalue weighted by Gasteiger charge is -2.32. The Balaban J connectivity index is 1.94. The zero-order chi connectivity index (χ0) is 14.0. The van der Waals surface area contributed by atoms with Gasteiger partial charge in [0.2, 0.25) is 0 Å². The van der Waals surface area contributed by atoms with Crippen LogP contribution in [0.3, 0.4) is 0 Å². The zero-order valence-corrected chi connectivity index (χ0v) is 11.6. The van der Waals surface area contributed by atoms with Gasteiger partial charge in [-0.3, -0.25) is 0 Å². The van der Waals surface area contributed by atoms with Gasteiger partial charge in [-0.2, -0.15) is 0 Å². The first kappa shape index (κ1) is 14.1. The van der Waals surface area contributed by atoms with Crippen LogP contribution < -0.4 is 5.32 Å². The minimum Gasteiger partial charge on any atom is -0.480 e. The molecule has 19 heavy (non-hydrogen) atoms. The zero-order valence-electron chi connectivity index (χ0n) is 11.6. The number of carbonyl (C=O) groups excluding carboxylic acids is 1. The van der Waals surface area contributed by atoms with E-state index in [1.807, 2.05) is 14.0 Å². The summed E-state index contributed by atoms with van der Waals surface area (Å²) in [6.45, 7) is 4.32. The van der Waals surface area contributed by atoms with Gasteiger partial charge in [0.1, 0.15) is 6.04 Å². The van der Waals surface area contributed by atoms with Gasteiger partial charge >= 0.3 is 12.0 Å². The second kappa shape index (κ2) is 5.77. The number of likely N-dealkylation sites (N-methyl/N-ethyl adjacent to an activating group) is 1. The minimum atomic E-state index is -0.902. The van der Waals surface area contributed by atoms with E-state index in [9.17, 15) is 14.7 Å². The van der Waals surface area contributed by atoms with Gasteiger partial charge in [0.25, 0.3) is 0 Å². The lowest BCUT2D eigenvalue weighted by molar-refractivity contribution is -0.142. The van der Waals surface area contributed by atoms with Crippen molar-refractivity contribution in [1.29, 1.82) is 0 Å². The highest BCUT2D eigenvalue weighted by molar-refractivity contribution is 5.83. The van der Waals surface area contributed by atoms with Crippen LogP contribution in [0.5, 0.6) is 0 Å². The van der Waals surface area contributed by atoms with Crippen molar-refractivity contribution in [3.8, 4) is 0 Å². The number of hydrogen-bond acceptors (Lipinski definition) is 3. The van der Waals surface area contributed by atoms with Gasteiger partial charge in [0.15, 0.2) is 0 Å². The van der Waals surface area contributed by atoms with Crippen LogP contribution in [0.4, 0.5) is 4.79 Å². The molecule has 6 nitrogen and oxygen atoms in total. The number of piperidine rings is 1. The molecule has 2 saturated heterocycles. The van der Waals surface area contributed by atoms with Crippen molar-refractivity contribution in [3.63, 3.8) is 0 Å². The Labute approximate surface area is 113 Å². The number of nitrogens with zero attached hydrogens (tertiary/aromatic N) is 2. The predicted octanol–water partition coefficient (Wildman–Crippen LogP) is 0.585. The molecule has 2 rings (SSSR count). The van der Waals surface area contributed by atoms with Gasteiger partial charge < -0.3 is 20.2 Å². The highest BCUT2D eigenvalue weighted by atomic mass is 16.4. The van der Waals surface area contributed by atoms with Crippen LogP contribution in [-0.4, -0.2) is 65.7 Å². The smallest absolute Gasteiger partial charge is 0.326 e. The summed E-state index contributed by atoms with van der Waals surface area (Å²) >= 11 is 0. The molecule has 0 bridgehead atoms. The predicted molar refractivity (Wildman–Crippen MR) is 71.0 cm³/mol. The maximum Gasteiger partial charge on any atom is 0.326 e. The van der Waals surface area contributed by atoms with E-state index < -0.39 is 12.0 Å². The first-order chi connectivity index (χ1) is 8.99. The van der Waals surface area contributed by atoms with Crippen molar-refractivity contribution in [3.05, 3.63) is 0 Å². The molecule has 0 saturated carbocycles. The second-order valence-corrected chi connectivity index (χ2v) is 5.79. The summed E-state index contributed by atoms with van der Waals surface area (Å²) in [6.07, 6.45) is 2.80. The molecule has 6 heteroatoms. The molecule has 0 radical (unpaired) electrons. The Morgan fingerprint density at radius 1 is 1.26 bits per heavy atom. The second-order valence-electron chi connectivity index (χ2n) is 5.79. The van der Waals surface area contributed by atoms with E-state index in [0.29, 0.717) is 6.54 Å². The monoisotopic (exact) mass is 269 g/mol. The molecule has 2 aliphatic rings. The molecule has 0 spiro atoms. The quantitative estimate of drug-likeness (QED) is 0.769. The molecule has 2 N–H and O–H groups in total. The lowest BCUT2D eigenvalue weighted by Crippen LogP contribution is -2.53. The van der Waals surface area contributed by atoms with Crippen molar-refractivity contribution >= 4 is 12.0 Å². The molecule has 2 aliphatic heterocycles. The van der Waals surface area contributed by atoms with Crippen LogP contribution in [0.15, 0.2) is 0 Å². The average molecular weight is 269 g/mol. The minimum absolute atomic E-state index is 0.0253. The van der Waals surface area contributed by atoms with E-state index in [4.69, 9.17) is 0 Å². The fraction of sp³-hybridized carbons (Fsp3) is 0.846. The number of aliphatic carboxylic acids is 1. The number of urea groups is 1. The fourth-order valence-corrected chi connectivity index (χ4v) is 3.09. The normalized spacial score (nSPS) is 32.3. The number of carboxylic acids is 1. The highest BCUT2D eigenvalue weighted by Crippen LogP contribution is 2.24. The average Bonchev–Trinajstić information content (AvgIpc) is 2.71. The summed E-state index contributed by atoms with van der Waals surface area (Å²) in [6, 6.07) is -0.769. The topological polar surface area (TPSA) is 72.9 Å². The summed E-state index contributed by atoms with van der Waals surface area (Å²) in [5.74, 6) is -0.877. The van der Waals surface area contributed by atoms with Crippen molar-refractivity contribution in [1.82, 2.24) is 15.1 Å². The molecule has 2 heterocycles. The Hall–Kier alpha value is -1.30. The third kappa shape index (κ3) is 3.18. The van der Waals surface area contributed by atoms with E-state index >= 15 is 0 Å². The van der Waals surface area contributed by atoms with Gasteiger partial charge in [-0.25, -0.2) is 9.59 Å². The van der Waals surface area contributed by atoms with E-state index in [1.54, 1.807) is 0 Å². The van der Waals surface area contributed by atoms with E-state index in [2.05, 4.69) is 10.2 Å². The number of hydrogen-bond donors (Lipinski definition) is 2. The van der Waals surface area contributed by atoms with Gasteiger partial charge in [-0.1, -0.05) is 6.92 Å². The molecule has 3 atom stereocenters. The molecule has 0 aromatic heterocycles. The van der Waals surface area contributed by atoms with Crippen LogP contribution in [0.25, 0.3) is 0 Å². The summed E-state index contributed by atoms with van der Waals surface area (Å²) in [4.78, 5) is 27.1. The van der Waals surface area contributed by atoms with Crippen molar-refractivity contribution in [2.45, 2.75) is 38.3 Å². The first-order valence-corrected chi connectivity index (χ1v) is 6.97. The van der Waals surface area contributed by atoms with Gasteiger partial charge in [-0.05, 0) is 38.8 Å². The van der Waals surface area contributed by atoms with Crippen LogP contribution >= 0.6 is 0 Å². The maximum absolute atomic E-state index is 12.2. The maximum atomic E-state index is 12.2. The molecule has 0 aromatic carbocycles. The molecule has 2 fully saturated rings. The number of nitrogens with one attached hydrogen (secondary N) is 1. The Morgan fingerprint density at radius 3 is 2.63 bits per heavy atom. The fourth-order valence-electron chi connectivity index (χ4n) is 3.09. The molecule has 3 unspecified atom stereocenters. The highest BCUT2D eigenvalue weighted by Gasteiger charge is 2.40. The molecule has 2 amide bonds. The molecule has 0 aliphatic carbocycles. The van der Waals surface area contributed by atoms with E-state index in [-0.39, 0.29) is 18.0 Å². The number of rotatable bonds is 2. The third-order valence-corrected chi connectivity index (χ3v) is 4.17. The third-order valence-electron chi connectivity index (χ3n) is 4.17. The number of carboxylic acid groups (broad SMARTS) is 1. The summed E-state index contributed by atoms with van der Waals surface area (Å²) < 4.78 is 0. The van der Waals surface area contributed by atoms with Gasteiger partial charge in [0.05, 0.1) is 0 Å². The van der Waals surface area contributed by atoms with Crippen LogP contribution in [0.2, 0.25) is 0 Å². The standard InChI is InChI=1S/C13H23N3O3/c1-9-5-7-16(11(9)12(17)18)13(19)14-10-4-3-6-15(2)8-10/h9-11H,3-8H2,1-2H3,(H,14,19)(H,17,18). The number of carbonyl (C=O) groups is 2. The largest absolute Gasteiger partial charge is 0.480 e. The summed E-state index contributed by atoms with van der Waals surface area (Å²) in [7, 11) is 2.04. The van der Waals surface area contributed by atoms with Crippen LogP contribution in [-0.2, 0) is 4.79 Å². The summed E-state index contributed by atoms with van der Waals surface area (Å²) in [5.41, 5.74) is 0. The van der Waals surface area contributed by atoms with Gasteiger partial charge in [0, 0.05) is 19.1 Å². The van der Waals surface area contributed by atoms with Crippen molar-refractivity contribution in [2.75, 3.05) is 26.7 Å². The molecule has 0 aromatic rings. The van der Waals surface area contributed by atoms with E-state index in [1.165, 1.54) is 4.90 Å². The number of amides is 2. The van der Waals surface area contributed by atoms with E-state index in [0.717, 1.165) is 32.4 Å². The van der Waals surface area contributed by atoms with Crippen LogP contribution in [0, 0.1) is 5.92 Å². The number of likely N-dealkylation sites (tertiary alicyclic amines) is 2. The lowest BCUT2D eigenvalue weighted by atomic mass is 10.0. The van der Waals surface area contributed by atoms with Crippen molar-refractivity contribution < 1.29 is 14.7 Å². The van der Waals surface area contributed by atoms with Crippen LogP contribution in [0.1, 0.15) is 26.2 Å². The first-order valence-electron chi connectivity index (χ1n) is 6.97. The van der Waals surface area contributed by atoms with Gasteiger partial charge in [-0.15, -0.1) is 0 Å².